The van der Waals surface area contributed by atoms with E-state index in [2.05, 4.69) is 4.98 Å². The van der Waals surface area contributed by atoms with E-state index in [0.717, 1.165) is 22.8 Å². The Hall–Kier alpha value is -1.81. The maximum absolute atomic E-state index is 8.89. The number of benzene rings is 1. The lowest BCUT2D eigenvalue weighted by Crippen LogP contribution is -1.92. The molecule has 1 N–H and O–H groups in total. The average molecular weight is 233 g/mol. The number of nitrogens with zero attached hydrogens (tertiary/aromatic N) is 1. The van der Waals surface area contributed by atoms with Gasteiger partial charge in [0.1, 0.15) is 11.5 Å². The molecule has 0 bridgehead atoms. The van der Waals surface area contributed by atoms with Crippen LogP contribution in [-0.4, -0.2) is 23.8 Å². The van der Waals surface area contributed by atoms with Crippen molar-refractivity contribution in [2.45, 2.75) is 13.3 Å². The highest BCUT2D eigenvalue weighted by molar-refractivity contribution is 5.55. The summed E-state index contributed by atoms with van der Waals surface area (Å²) in [5.41, 5.74) is 1.71. The van der Waals surface area contributed by atoms with E-state index in [1.165, 1.54) is 0 Å². The molecule has 0 saturated heterocycles. The van der Waals surface area contributed by atoms with Crippen LogP contribution in [0.15, 0.2) is 28.7 Å². The van der Waals surface area contributed by atoms with E-state index in [-0.39, 0.29) is 6.61 Å². The number of rotatable bonds is 4. The Morgan fingerprint density at radius 3 is 2.59 bits per heavy atom. The van der Waals surface area contributed by atoms with Gasteiger partial charge in [-0.25, -0.2) is 4.98 Å². The van der Waals surface area contributed by atoms with E-state index in [1.54, 1.807) is 7.11 Å². The number of aryl methyl sites for hydroxylation is 1. The highest BCUT2D eigenvalue weighted by Gasteiger charge is 2.10. The van der Waals surface area contributed by atoms with Gasteiger partial charge in [0.2, 0.25) is 5.89 Å². The van der Waals surface area contributed by atoms with Crippen molar-refractivity contribution in [3.63, 3.8) is 0 Å². The Balaban J connectivity index is 2.29. The number of oxazole rings is 1. The zero-order valence-corrected chi connectivity index (χ0v) is 9.93. The first-order valence-electron chi connectivity index (χ1n) is 5.46. The lowest BCUT2D eigenvalue weighted by molar-refractivity contribution is 0.297. The fourth-order valence-electron chi connectivity index (χ4n) is 1.62. The molecule has 0 aliphatic rings. The van der Waals surface area contributed by atoms with Gasteiger partial charge in [-0.3, -0.25) is 0 Å². The van der Waals surface area contributed by atoms with Crippen molar-refractivity contribution in [3.05, 3.63) is 35.7 Å². The fourth-order valence-corrected chi connectivity index (χ4v) is 1.62. The molecule has 0 saturated carbocycles. The van der Waals surface area contributed by atoms with Crippen LogP contribution in [-0.2, 0) is 6.42 Å². The van der Waals surface area contributed by atoms with E-state index < -0.39 is 0 Å². The molecule has 0 aliphatic carbocycles. The SMILES string of the molecule is COc1ccc(-c2nc(CCO)c(C)o2)cc1. The predicted molar refractivity (Wildman–Crippen MR) is 64.0 cm³/mol. The van der Waals surface area contributed by atoms with Crippen molar-refractivity contribution < 1.29 is 14.3 Å². The summed E-state index contributed by atoms with van der Waals surface area (Å²) in [6.07, 6.45) is 0.519. The third kappa shape index (κ3) is 2.47. The number of ether oxygens (including phenoxy) is 1. The summed E-state index contributed by atoms with van der Waals surface area (Å²) in [5, 5.41) is 8.89. The maximum Gasteiger partial charge on any atom is 0.226 e. The smallest absolute Gasteiger partial charge is 0.226 e. The first-order chi connectivity index (χ1) is 8.24. The molecule has 17 heavy (non-hydrogen) atoms. The van der Waals surface area contributed by atoms with Crippen molar-refractivity contribution in [2.75, 3.05) is 13.7 Å². The van der Waals surface area contributed by atoms with Gasteiger partial charge in [0.15, 0.2) is 0 Å². The van der Waals surface area contributed by atoms with Crippen LogP contribution in [0, 0.1) is 6.92 Å². The summed E-state index contributed by atoms with van der Waals surface area (Å²) in [6, 6.07) is 7.51. The van der Waals surface area contributed by atoms with Crippen LogP contribution in [0.1, 0.15) is 11.5 Å². The van der Waals surface area contributed by atoms with Crippen LogP contribution in [0.4, 0.5) is 0 Å². The van der Waals surface area contributed by atoms with Gasteiger partial charge in [0, 0.05) is 18.6 Å². The Bertz CT molecular complexity index is 488. The molecule has 4 heteroatoms. The number of aliphatic hydroxyl groups is 1. The van der Waals surface area contributed by atoms with Crippen molar-refractivity contribution >= 4 is 0 Å². The maximum atomic E-state index is 8.89. The number of hydrogen-bond donors (Lipinski definition) is 1. The van der Waals surface area contributed by atoms with Gasteiger partial charge in [0.05, 0.1) is 12.8 Å². The Labute approximate surface area is 99.9 Å². The molecule has 90 valence electrons. The monoisotopic (exact) mass is 233 g/mol. The standard InChI is InChI=1S/C13H15NO3/c1-9-12(7-8-15)14-13(17-9)10-3-5-11(16-2)6-4-10/h3-6,15H,7-8H2,1-2H3. The van der Waals surface area contributed by atoms with Gasteiger partial charge < -0.3 is 14.3 Å². The number of hydrogen-bond acceptors (Lipinski definition) is 4. The summed E-state index contributed by atoms with van der Waals surface area (Å²) < 4.78 is 10.7. The molecule has 0 aliphatic heterocycles. The second kappa shape index (κ2) is 5.01. The minimum atomic E-state index is 0.0788. The van der Waals surface area contributed by atoms with Crippen LogP contribution >= 0.6 is 0 Å². The molecule has 2 aromatic rings. The molecular formula is C13H15NO3. The second-order valence-corrected chi connectivity index (χ2v) is 3.72. The Morgan fingerprint density at radius 2 is 2.00 bits per heavy atom. The molecule has 1 heterocycles. The van der Waals surface area contributed by atoms with E-state index in [4.69, 9.17) is 14.3 Å². The summed E-state index contributed by atoms with van der Waals surface area (Å²) >= 11 is 0. The molecule has 0 spiro atoms. The first kappa shape index (κ1) is 11.7. The lowest BCUT2D eigenvalue weighted by atomic mass is 10.2. The normalized spacial score (nSPS) is 10.5. The minimum Gasteiger partial charge on any atom is -0.497 e. The summed E-state index contributed by atoms with van der Waals surface area (Å²) in [4.78, 5) is 4.36. The van der Waals surface area contributed by atoms with Crippen LogP contribution in [0.25, 0.3) is 11.5 Å². The molecule has 1 aromatic heterocycles. The quantitative estimate of drug-likeness (QED) is 0.879. The van der Waals surface area contributed by atoms with Gasteiger partial charge in [-0.1, -0.05) is 0 Å². The summed E-state index contributed by atoms with van der Waals surface area (Å²) in [7, 11) is 1.63. The van der Waals surface area contributed by atoms with Crippen LogP contribution in [0.3, 0.4) is 0 Å². The van der Waals surface area contributed by atoms with Crippen molar-refractivity contribution in [3.8, 4) is 17.2 Å². The number of aliphatic hydroxyl groups excluding tert-OH is 1. The molecular weight excluding hydrogens is 218 g/mol. The zero-order chi connectivity index (χ0) is 12.3. The molecule has 0 atom stereocenters. The van der Waals surface area contributed by atoms with Crippen molar-refractivity contribution in [1.82, 2.24) is 4.98 Å². The molecule has 4 nitrogen and oxygen atoms in total. The zero-order valence-electron chi connectivity index (χ0n) is 9.93. The van der Waals surface area contributed by atoms with E-state index >= 15 is 0 Å². The van der Waals surface area contributed by atoms with E-state index in [0.29, 0.717) is 12.3 Å². The van der Waals surface area contributed by atoms with E-state index in [1.807, 2.05) is 31.2 Å². The summed E-state index contributed by atoms with van der Waals surface area (Å²) in [5.74, 6) is 2.13. The Morgan fingerprint density at radius 1 is 1.29 bits per heavy atom. The van der Waals surface area contributed by atoms with E-state index in [9.17, 15) is 0 Å². The van der Waals surface area contributed by atoms with Gasteiger partial charge in [0.25, 0.3) is 0 Å². The highest BCUT2D eigenvalue weighted by atomic mass is 16.5. The molecule has 0 radical (unpaired) electrons. The lowest BCUT2D eigenvalue weighted by Gasteiger charge is -1.99. The third-order valence-corrected chi connectivity index (χ3v) is 2.58. The van der Waals surface area contributed by atoms with Gasteiger partial charge in [-0.2, -0.15) is 0 Å². The molecule has 0 fully saturated rings. The van der Waals surface area contributed by atoms with Gasteiger partial charge in [-0.05, 0) is 31.2 Å². The highest BCUT2D eigenvalue weighted by Crippen LogP contribution is 2.24. The minimum absolute atomic E-state index is 0.0788. The fraction of sp³-hybridized carbons (Fsp3) is 0.308. The molecule has 2 rings (SSSR count). The first-order valence-corrected chi connectivity index (χ1v) is 5.46. The van der Waals surface area contributed by atoms with Crippen LogP contribution < -0.4 is 4.74 Å². The average Bonchev–Trinajstić information content (AvgIpc) is 2.72. The van der Waals surface area contributed by atoms with Crippen LogP contribution in [0.5, 0.6) is 5.75 Å². The predicted octanol–water partition coefficient (Wildman–Crippen LogP) is 2.19. The van der Waals surface area contributed by atoms with Crippen molar-refractivity contribution in [2.24, 2.45) is 0 Å². The third-order valence-electron chi connectivity index (χ3n) is 2.58. The largest absolute Gasteiger partial charge is 0.497 e. The molecule has 0 unspecified atom stereocenters. The van der Waals surface area contributed by atoms with Crippen LogP contribution in [0.2, 0.25) is 0 Å². The molecule has 0 amide bonds. The second-order valence-electron chi connectivity index (χ2n) is 3.72. The Kier molecular flexibility index (Phi) is 3.44. The summed E-state index contributed by atoms with van der Waals surface area (Å²) in [6.45, 7) is 1.93. The number of aromatic nitrogens is 1. The van der Waals surface area contributed by atoms with Gasteiger partial charge in [-0.15, -0.1) is 0 Å². The number of methoxy groups -OCH3 is 1. The topological polar surface area (TPSA) is 55.5 Å². The van der Waals surface area contributed by atoms with Crippen molar-refractivity contribution in [1.29, 1.82) is 0 Å². The van der Waals surface area contributed by atoms with Gasteiger partial charge >= 0.3 is 0 Å². The molecule has 1 aromatic carbocycles.